The molecule has 0 aliphatic rings. The fourth-order valence-corrected chi connectivity index (χ4v) is 2.02. The Bertz CT molecular complexity index is 580. The van der Waals surface area contributed by atoms with Gasteiger partial charge in [0.05, 0.1) is 6.42 Å². The number of aryl methyl sites for hydroxylation is 2. The summed E-state index contributed by atoms with van der Waals surface area (Å²) in [6.45, 7) is 1.95. The molecule has 0 saturated carbocycles. The third-order valence-corrected chi connectivity index (χ3v) is 2.93. The lowest BCUT2D eigenvalue weighted by atomic mass is 10.1. The van der Waals surface area contributed by atoms with Gasteiger partial charge >= 0.3 is 5.97 Å². The van der Waals surface area contributed by atoms with Gasteiger partial charge in [-0.3, -0.25) is 4.79 Å². The van der Waals surface area contributed by atoms with E-state index in [0.29, 0.717) is 11.8 Å². The van der Waals surface area contributed by atoms with Gasteiger partial charge in [0.1, 0.15) is 0 Å². The molecule has 2 aromatic rings. The average molecular weight is 311 g/mol. The van der Waals surface area contributed by atoms with E-state index in [4.69, 9.17) is 9.52 Å². The molecule has 1 aromatic heterocycles. The Kier molecular flexibility index (Phi) is 3.76. The lowest BCUT2D eigenvalue weighted by molar-refractivity contribution is -0.137. The predicted molar refractivity (Wildman–Crippen MR) is 68.1 cm³/mol. The highest BCUT2D eigenvalue weighted by molar-refractivity contribution is 9.10. The fourth-order valence-electron chi connectivity index (χ4n) is 1.54. The van der Waals surface area contributed by atoms with E-state index in [9.17, 15) is 4.79 Å². The highest BCUT2D eigenvalue weighted by Gasteiger charge is 2.11. The minimum atomic E-state index is -0.880. The van der Waals surface area contributed by atoms with Gasteiger partial charge in [0.2, 0.25) is 11.8 Å². The van der Waals surface area contributed by atoms with Crippen molar-refractivity contribution in [2.75, 3.05) is 0 Å². The number of carbonyl (C=O) groups is 1. The molecule has 0 bridgehead atoms. The number of benzene rings is 1. The highest BCUT2D eigenvalue weighted by Crippen LogP contribution is 2.25. The van der Waals surface area contributed by atoms with Gasteiger partial charge in [-0.15, -0.1) is 10.2 Å². The first kappa shape index (κ1) is 12.8. The molecule has 0 radical (unpaired) electrons. The lowest BCUT2D eigenvalue weighted by Gasteiger charge is -2.00. The van der Waals surface area contributed by atoms with Gasteiger partial charge in [-0.2, -0.15) is 0 Å². The summed E-state index contributed by atoms with van der Waals surface area (Å²) in [5.41, 5.74) is 1.87. The van der Waals surface area contributed by atoms with Crippen LogP contribution in [0, 0.1) is 6.92 Å². The third kappa shape index (κ3) is 2.95. The number of carboxylic acids is 1. The summed E-state index contributed by atoms with van der Waals surface area (Å²) in [6, 6.07) is 5.73. The molecule has 0 atom stereocenters. The molecule has 2 rings (SSSR count). The Balaban J connectivity index is 2.21. The van der Waals surface area contributed by atoms with Crippen LogP contribution in [0.1, 0.15) is 17.9 Å². The molecule has 18 heavy (non-hydrogen) atoms. The summed E-state index contributed by atoms with van der Waals surface area (Å²) < 4.78 is 6.42. The first-order valence-corrected chi connectivity index (χ1v) is 6.16. The van der Waals surface area contributed by atoms with Gasteiger partial charge in [0.25, 0.3) is 0 Å². The van der Waals surface area contributed by atoms with Crippen LogP contribution >= 0.6 is 15.9 Å². The molecule has 6 heteroatoms. The van der Waals surface area contributed by atoms with Crippen molar-refractivity contribution < 1.29 is 14.3 Å². The predicted octanol–water partition coefficient (Wildman–Crippen LogP) is 2.82. The van der Waals surface area contributed by atoms with Crippen LogP contribution < -0.4 is 0 Å². The SMILES string of the molecule is Cc1cc(Br)ccc1-c1nnc(CCC(=O)O)o1. The Morgan fingerprint density at radius 2 is 2.22 bits per heavy atom. The average Bonchev–Trinajstić information content (AvgIpc) is 2.75. The Labute approximate surface area is 112 Å². The van der Waals surface area contributed by atoms with E-state index >= 15 is 0 Å². The number of aromatic nitrogens is 2. The van der Waals surface area contributed by atoms with Crippen molar-refractivity contribution in [3.63, 3.8) is 0 Å². The summed E-state index contributed by atoms with van der Waals surface area (Å²) in [5, 5.41) is 16.3. The topological polar surface area (TPSA) is 76.2 Å². The number of aliphatic carboxylic acids is 1. The minimum Gasteiger partial charge on any atom is -0.481 e. The van der Waals surface area contributed by atoms with Crippen molar-refractivity contribution >= 4 is 21.9 Å². The zero-order valence-electron chi connectivity index (χ0n) is 9.68. The van der Waals surface area contributed by atoms with Crippen LogP contribution in [-0.4, -0.2) is 21.3 Å². The van der Waals surface area contributed by atoms with E-state index in [1.807, 2.05) is 25.1 Å². The maximum atomic E-state index is 10.4. The number of hydrogen-bond donors (Lipinski definition) is 1. The zero-order valence-corrected chi connectivity index (χ0v) is 11.3. The normalized spacial score (nSPS) is 10.6. The van der Waals surface area contributed by atoms with Gasteiger partial charge in [-0.25, -0.2) is 0 Å². The number of nitrogens with zero attached hydrogens (tertiary/aromatic N) is 2. The van der Waals surface area contributed by atoms with Gasteiger partial charge in [0.15, 0.2) is 0 Å². The number of halogens is 1. The molecule has 0 spiro atoms. The van der Waals surface area contributed by atoms with Gasteiger partial charge in [0, 0.05) is 16.5 Å². The molecule has 0 aliphatic heterocycles. The molecule has 0 unspecified atom stereocenters. The molecule has 5 nitrogen and oxygen atoms in total. The van der Waals surface area contributed by atoms with E-state index < -0.39 is 5.97 Å². The van der Waals surface area contributed by atoms with E-state index in [-0.39, 0.29) is 12.8 Å². The zero-order chi connectivity index (χ0) is 13.1. The molecule has 0 fully saturated rings. The van der Waals surface area contributed by atoms with E-state index in [1.165, 1.54) is 0 Å². The van der Waals surface area contributed by atoms with Crippen molar-refractivity contribution in [2.24, 2.45) is 0 Å². The monoisotopic (exact) mass is 310 g/mol. The number of hydrogen-bond acceptors (Lipinski definition) is 4. The minimum absolute atomic E-state index is 0.0129. The van der Waals surface area contributed by atoms with Crippen LogP contribution in [0.2, 0.25) is 0 Å². The molecule has 1 aromatic carbocycles. The van der Waals surface area contributed by atoms with E-state index in [1.54, 1.807) is 0 Å². The molecular formula is C12H11BrN2O3. The molecule has 94 valence electrons. The third-order valence-electron chi connectivity index (χ3n) is 2.44. The Hall–Kier alpha value is -1.69. The molecule has 1 heterocycles. The summed E-state index contributed by atoms with van der Waals surface area (Å²) in [6.07, 6.45) is 0.235. The van der Waals surface area contributed by atoms with Crippen LogP contribution in [0.4, 0.5) is 0 Å². The summed E-state index contributed by atoms with van der Waals surface area (Å²) in [4.78, 5) is 10.4. The summed E-state index contributed by atoms with van der Waals surface area (Å²) in [5.74, 6) is -0.121. The van der Waals surface area contributed by atoms with E-state index in [0.717, 1.165) is 15.6 Å². The maximum Gasteiger partial charge on any atom is 0.303 e. The first-order chi connectivity index (χ1) is 8.56. The maximum absolute atomic E-state index is 10.4. The lowest BCUT2D eigenvalue weighted by Crippen LogP contribution is -1.97. The van der Waals surface area contributed by atoms with Crippen LogP contribution in [0.25, 0.3) is 11.5 Å². The van der Waals surface area contributed by atoms with Crippen LogP contribution in [0.15, 0.2) is 27.1 Å². The van der Waals surface area contributed by atoms with Crippen LogP contribution in [0.3, 0.4) is 0 Å². The Morgan fingerprint density at radius 1 is 1.44 bits per heavy atom. The standard InChI is InChI=1S/C12H11BrN2O3/c1-7-6-8(13)2-3-9(7)12-15-14-10(18-12)4-5-11(16)17/h2-3,6H,4-5H2,1H3,(H,16,17). The van der Waals surface area contributed by atoms with Crippen molar-refractivity contribution in [2.45, 2.75) is 19.8 Å². The molecular weight excluding hydrogens is 300 g/mol. The Morgan fingerprint density at radius 3 is 2.89 bits per heavy atom. The molecule has 1 N–H and O–H groups in total. The van der Waals surface area contributed by atoms with Crippen molar-refractivity contribution in [3.05, 3.63) is 34.1 Å². The largest absolute Gasteiger partial charge is 0.481 e. The molecule has 0 aliphatic carbocycles. The smallest absolute Gasteiger partial charge is 0.303 e. The van der Waals surface area contributed by atoms with E-state index in [2.05, 4.69) is 26.1 Å². The second-order valence-corrected chi connectivity index (χ2v) is 4.77. The molecule has 0 amide bonds. The number of carboxylic acid groups (broad SMARTS) is 1. The van der Waals surface area contributed by atoms with Crippen LogP contribution in [-0.2, 0) is 11.2 Å². The fraction of sp³-hybridized carbons (Fsp3) is 0.250. The van der Waals surface area contributed by atoms with Gasteiger partial charge in [-0.05, 0) is 30.7 Å². The van der Waals surface area contributed by atoms with Crippen molar-refractivity contribution in [1.82, 2.24) is 10.2 Å². The van der Waals surface area contributed by atoms with Gasteiger partial charge in [-0.1, -0.05) is 15.9 Å². The molecule has 0 saturated heterocycles. The van der Waals surface area contributed by atoms with Crippen molar-refractivity contribution in [1.29, 1.82) is 0 Å². The van der Waals surface area contributed by atoms with Crippen molar-refractivity contribution in [3.8, 4) is 11.5 Å². The van der Waals surface area contributed by atoms with Crippen LogP contribution in [0.5, 0.6) is 0 Å². The first-order valence-electron chi connectivity index (χ1n) is 5.37. The second-order valence-electron chi connectivity index (χ2n) is 3.85. The quantitative estimate of drug-likeness (QED) is 0.939. The summed E-state index contributed by atoms with van der Waals surface area (Å²) >= 11 is 3.38. The number of rotatable bonds is 4. The van der Waals surface area contributed by atoms with Gasteiger partial charge < -0.3 is 9.52 Å². The highest BCUT2D eigenvalue weighted by atomic mass is 79.9. The summed E-state index contributed by atoms with van der Waals surface area (Å²) in [7, 11) is 0. The second kappa shape index (κ2) is 5.30.